The lowest BCUT2D eigenvalue weighted by molar-refractivity contribution is -0.991. The third-order valence-electron chi connectivity index (χ3n) is 4.51. The second-order valence-corrected chi connectivity index (χ2v) is 6.67. The number of hydrogen-bond donors (Lipinski definition) is 5. The lowest BCUT2D eigenvalue weighted by atomic mass is 10.1. The number of imidazole rings is 1. The summed E-state index contributed by atoms with van der Waals surface area (Å²) >= 11 is 0. The van der Waals surface area contributed by atoms with Crippen LogP contribution in [-0.2, 0) is 0 Å². The Morgan fingerprint density at radius 3 is 2.60 bits per heavy atom. The highest BCUT2D eigenvalue weighted by Gasteiger charge is 2.14. The zero-order valence-corrected chi connectivity index (χ0v) is 15.8. The molecule has 1 atom stereocenters. The number of carbonyl (C=O) groups is 1. The number of anilines is 1. The molecular weight excluding hydrogens is 382 g/mol. The van der Waals surface area contributed by atoms with E-state index in [1.165, 1.54) is 12.1 Å². The van der Waals surface area contributed by atoms with Crippen molar-refractivity contribution in [3.05, 3.63) is 95.0 Å². The lowest BCUT2D eigenvalue weighted by Gasteiger charge is -2.12. The number of hydrogen-bond acceptors (Lipinski definition) is 5. The number of nitrogen functional groups attached to an aromatic ring is 1. The molecule has 1 heterocycles. The van der Waals surface area contributed by atoms with Gasteiger partial charge in [0, 0.05) is 23.4 Å². The fraction of sp³-hybridized carbons (Fsp3) is 0. The summed E-state index contributed by atoms with van der Waals surface area (Å²) in [7, 11) is 0. The molecule has 3 aromatic carbocycles. The van der Waals surface area contributed by atoms with Crippen LogP contribution in [0.3, 0.4) is 0 Å². The molecule has 0 spiro atoms. The van der Waals surface area contributed by atoms with E-state index in [-0.39, 0.29) is 11.6 Å². The van der Waals surface area contributed by atoms with E-state index in [1.54, 1.807) is 42.5 Å². The third-order valence-corrected chi connectivity index (χ3v) is 4.51. The van der Waals surface area contributed by atoms with Crippen molar-refractivity contribution in [2.45, 2.75) is 0 Å². The fourth-order valence-electron chi connectivity index (χ4n) is 3.00. The number of H-pyrrole nitrogens is 1. The predicted octanol–water partition coefficient (Wildman–Crippen LogP) is 2.48. The smallest absolute Gasteiger partial charge is 0.255 e. The van der Waals surface area contributed by atoms with Gasteiger partial charge in [-0.05, 0) is 48.0 Å². The van der Waals surface area contributed by atoms with E-state index >= 15 is 0 Å². The summed E-state index contributed by atoms with van der Waals surface area (Å²) in [5, 5.41) is 22.4. The molecule has 0 saturated heterocycles. The minimum absolute atomic E-state index is 0.151. The predicted molar refractivity (Wildman–Crippen MR) is 115 cm³/mol. The van der Waals surface area contributed by atoms with Crippen LogP contribution in [0.25, 0.3) is 22.8 Å². The summed E-state index contributed by atoms with van der Waals surface area (Å²) in [5.41, 5.74) is 9.44. The molecule has 0 aliphatic carbocycles. The van der Waals surface area contributed by atoms with Gasteiger partial charge in [0.2, 0.25) is 0 Å². The number of nitrogens with two attached hydrogens (primary N) is 1. The fourth-order valence-corrected chi connectivity index (χ4v) is 3.00. The highest BCUT2D eigenvalue weighted by atomic mass is 16.8. The lowest BCUT2D eigenvalue weighted by Crippen LogP contribution is -2.99. The Labute approximate surface area is 171 Å². The van der Waals surface area contributed by atoms with Crippen LogP contribution in [0.15, 0.2) is 72.8 Å². The van der Waals surface area contributed by atoms with E-state index in [4.69, 9.17) is 5.73 Å². The largest absolute Gasteiger partial charge is 0.595 e. The Morgan fingerprint density at radius 1 is 1.10 bits per heavy atom. The van der Waals surface area contributed by atoms with Crippen molar-refractivity contribution in [1.29, 1.82) is 0 Å². The second-order valence-electron chi connectivity index (χ2n) is 6.67. The van der Waals surface area contributed by atoms with Gasteiger partial charge in [0.15, 0.2) is 11.5 Å². The van der Waals surface area contributed by atoms with Crippen molar-refractivity contribution in [1.82, 2.24) is 15.3 Å². The number of fused-ring (bicyclic) bond motifs is 1. The molecule has 1 amide bonds. The molecule has 8 heteroatoms. The van der Waals surface area contributed by atoms with Gasteiger partial charge in [-0.1, -0.05) is 24.3 Å². The van der Waals surface area contributed by atoms with Gasteiger partial charge in [0.05, 0.1) is 16.7 Å². The summed E-state index contributed by atoms with van der Waals surface area (Å²) < 4.78 is 0. The quantitative estimate of drug-likeness (QED) is 0.259. The summed E-state index contributed by atoms with van der Waals surface area (Å²) in [6.45, 7) is 0. The maximum absolute atomic E-state index is 12.8. The van der Waals surface area contributed by atoms with Crippen LogP contribution in [0.4, 0.5) is 11.4 Å². The number of aromatic amines is 1. The Morgan fingerprint density at radius 2 is 1.87 bits per heavy atom. The Hall–Kier alpha value is -3.98. The number of benzene rings is 3. The molecule has 0 radical (unpaired) electrons. The van der Waals surface area contributed by atoms with Crippen LogP contribution in [-0.4, -0.2) is 21.1 Å². The third kappa shape index (κ3) is 4.20. The van der Waals surface area contributed by atoms with Gasteiger partial charge in [0.1, 0.15) is 0 Å². The molecule has 0 saturated carbocycles. The first-order chi connectivity index (χ1) is 14.5. The number of aromatic nitrogens is 2. The van der Waals surface area contributed by atoms with E-state index in [1.807, 2.05) is 24.3 Å². The van der Waals surface area contributed by atoms with Gasteiger partial charge >= 0.3 is 0 Å². The van der Waals surface area contributed by atoms with E-state index in [0.717, 1.165) is 11.0 Å². The van der Waals surface area contributed by atoms with Crippen molar-refractivity contribution < 1.29 is 15.2 Å². The SMILES string of the molecule is Nc1ccc(C(=O)N/C(=C\c2cccc([NH+]([O-])O)c2)c2nc3ccccc3[nH]2)cc1. The molecule has 4 rings (SSSR count). The van der Waals surface area contributed by atoms with Gasteiger partial charge in [-0.25, -0.2) is 10.2 Å². The molecule has 0 fully saturated rings. The van der Waals surface area contributed by atoms with E-state index in [0.29, 0.717) is 28.3 Å². The highest BCUT2D eigenvalue weighted by molar-refractivity contribution is 6.02. The number of nitrogens with zero attached hydrogens (tertiary/aromatic N) is 1. The van der Waals surface area contributed by atoms with Crippen LogP contribution >= 0.6 is 0 Å². The van der Waals surface area contributed by atoms with Crippen molar-refractivity contribution in [3.63, 3.8) is 0 Å². The molecule has 0 bridgehead atoms. The molecule has 4 aromatic rings. The minimum Gasteiger partial charge on any atom is -0.595 e. The van der Waals surface area contributed by atoms with Gasteiger partial charge in [0.25, 0.3) is 5.91 Å². The van der Waals surface area contributed by atoms with Gasteiger partial charge < -0.3 is 21.2 Å². The number of carbonyl (C=O) groups excluding carboxylic acids is 1. The minimum atomic E-state index is -1.03. The molecule has 1 unspecified atom stereocenters. The van der Waals surface area contributed by atoms with E-state index < -0.39 is 5.23 Å². The summed E-state index contributed by atoms with van der Waals surface area (Å²) in [5.74, 6) is 0.122. The average molecular weight is 401 g/mol. The molecule has 6 N–H and O–H groups in total. The first kappa shape index (κ1) is 19.3. The monoisotopic (exact) mass is 401 g/mol. The molecule has 150 valence electrons. The summed E-state index contributed by atoms with van der Waals surface area (Å²) in [6.07, 6.45) is 1.68. The first-order valence-electron chi connectivity index (χ1n) is 9.17. The Balaban J connectivity index is 1.75. The number of para-hydroxylation sites is 2. The molecule has 0 aliphatic rings. The van der Waals surface area contributed by atoms with Crippen molar-refractivity contribution in [2.24, 2.45) is 0 Å². The van der Waals surface area contributed by atoms with E-state index in [2.05, 4.69) is 15.3 Å². The number of quaternary nitrogens is 1. The van der Waals surface area contributed by atoms with Gasteiger partial charge in [-0.3, -0.25) is 4.79 Å². The van der Waals surface area contributed by atoms with Crippen LogP contribution in [0.5, 0.6) is 0 Å². The standard InChI is InChI=1S/C22H19N5O3/c23-16-10-8-15(9-11-16)22(28)26-20(13-14-4-3-5-17(12-14)27(29)30)21-24-18-6-1-2-7-19(18)25-21/h1-13,27,29H,23H2,(H,24,25)(H,26,28)/b20-13-. The molecule has 8 nitrogen and oxygen atoms in total. The maximum atomic E-state index is 12.8. The Bertz CT molecular complexity index is 1200. The number of nitrogens with one attached hydrogen (secondary N) is 3. The zero-order chi connectivity index (χ0) is 21.1. The molecule has 1 aromatic heterocycles. The summed E-state index contributed by atoms with van der Waals surface area (Å²) in [6, 6.07) is 20.5. The maximum Gasteiger partial charge on any atom is 0.255 e. The molecule has 0 aliphatic heterocycles. The van der Waals surface area contributed by atoms with Crippen LogP contribution in [0.2, 0.25) is 0 Å². The van der Waals surface area contributed by atoms with Crippen molar-refractivity contribution in [3.8, 4) is 0 Å². The molecule has 30 heavy (non-hydrogen) atoms. The van der Waals surface area contributed by atoms with Gasteiger partial charge in [-0.2, -0.15) is 5.23 Å². The topological polar surface area (TPSA) is 132 Å². The van der Waals surface area contributed by atoms with Crippen LogP contribution < -0.4 is 16.3 Å². The van der Waals surface area contributed by atoms with Crippen LogP contribution in [0, 0.1) is 5.21 Å². The van der Waals surface area contributed by atoms with E-state index in [9.17, 15) is 15.2 Å². The first-order valence-corrected chi connectivity index (χ1v) is 9.17. The number of amides is 1. The van der Waals surface area contributed by atoms with Crippen LogP contribution in [0.1, 0.15) is 21.7 Å². The van der Waals surface area contributed by atoms with Crippen molar-refractivity contribution in [2.75, 3.05) is 5.73 Å². The highest BCUT2D eigenvalue weighted by Crippen LogP contribution is 2.19. The molecular formula is C22H19N5O3. The van der Waals surface area contributed by atoms with Gasteiger partial charge in [-0.15, -0.1) is 0 Å². The summed E-state index contributed by atoms with van der Waals surface area (Å²) in [4.78, 5) is 20.5. The van der Waals surface area contributed by atoms with Crippen molar-refractivity contribution >= 4 is 40.1 Å². The zero-order valence-electron chi connectivity index (χ0n) is 15.8. The normalized spacial score (nSPS) is 12.7. The average Bonchev–Trinajstić information content (AvgIpc) is 3.18. The second kappa shape index (κ2) is 8.18. The Kier molecular flexibility index (Phi) is 5.27. The number of rotatable bonds is 5.